The van der Waals surface area contributed by atoms with Crippen molar-refractivity contribution in [2.24, 2.45) is 5.73 Å². The Bertz CT molecular complexity index is 614. The molecule has 0 aliphatic carbocycles. The lowest BCUT2D eigenvalue weighted by molar-refractivity contribution is 0.416. The number of anilines is 1. The molecule has 1 saturated heterocycles. The van der Waals surface area contributed by atoms with Crippen LogP contribution in [0.15, 0.2) is 24.3 Å². The van der Waals surface area contributed by atoms with E-state index in [9.17, 15) is 0 Å². The third-order valence-electron chi connectivity index (χ3n) is 4.07. The molecule has 2 aromatic rings. The highest BCUT2D eigenvalue weighted by Gasteiger charge is 2.19. The average Bonchev–Trinajstić information content (AvgIpc) is 2.97. The lowest BCUT2D eigenvalue weighted by Crippen LogP contribution is -2.39. The van der Waals surface area contributed by atoms with E-state index >= 15 is 0 Å². The van der Waals surface area contributed by atoms with Crippen molar-refractivity contribution < 1.29 is 4.74 Å². The van der Waals surface area contributed by atoms with Gasteiger partial charge in [0.1, 0.15) is 5.75 Å². The molecule has 1 aromatic carbocycles. The first kappa shape index (κ1) is 13.9. The number of nitrogens with two attached hydrogens (primary N) is 1. The second-order valence-corrected chi connectivity index (χ2v) is 5.67. The van der Waals surface area contributed by atoms with Gasteiger partial charge in [-0.15, -0.1) is 0 Å². The summed E-state index contributed by atoms with van der Waals surface area (Å²) in [5.74, 6) is 1.84. The van der Waals surface area contributed by atoms with Crippen LogP contribution in [-0.2, 0) is 0 Å². The van der Waals surface area contributed by atoms with Crippen LogP contribution < -0.4 is 15.4 Å². The van der Waals surface area contributed by atoms with Gasteiger partial charge in [0.25, 0.3) is 0 Å². The number of aryl methyl sites for hydroxylation is 1. The van der Waals surface area contributed by atoms with Crippen molar-refractivity contribution in [2.45, 2.75) is 25.8 Å². The largest absolute Gasteiger partial charge is 0.496 e. The maximum absolute atomic E-state index is 5.95. The van der Waals surface area contributed by atoms with Crippen LogP contribution in [0.25, 0.3) is 11.3 Å². The lowest BCUT2D eigenvalue weighted by Gasteiger charge is -2.29. The van der Waals surface area contributed by atoms with E-state index in [1.54, 1.807) is 7.11 Å². The molecule has 3 rings (SSSR count). The second-order valence-electron chi connectivity index (χ2n) is 5.67. The molecular formula is C16H22N4O. The summed E-state index contributed by atoms with van der Waals surface area (Å²) in [5, 5.41) is 7.58. The minimum absolute atomic E-state index is 0.330. The molecule has 1 fully saturated rings. The number of aromatic nitrogens is 2. The van der Waals surface area contributed by atoms with Crippen LogP contribution in [0.4, 0.5) is 5.82 Å². The van der Waals surface area contributed by atoms with Crippen molar-refractivity contribution in [3.05, 3.63) is 29.8 Å². The molecule has 2 heterocycles. The molecule has 3 N–H and O–H groups in total. The van der Waals surface area contributed by atoms with Gasteiger partial charge >= 0.3 is 0 Å². The Hall–Kier alpha value is -2.01. The van der Waals surface area contributed by atoms with Gasteiger partial charge in [-0.2, -0.15) is 5.10 Å². The van der Waals surface area contributed by atoms with E-state index in [0.29, 0.717) is 6.04 Å². The number of hydrogen-bond donors (Lipinski definition) is 2. The van der Waals surface area contributed by atoms with Gasteiger partial charge in [-0.1, -0.05) is 11.6 Å². The standard InChI is InChI=1S/C16H22N4O/c1-11-3-4-15(21-2)13(9-11)14-10-16(19-18-14)20-7-5-12(17)6-8-20/h3-4,9-10,12H,5-8,17H2,1-2H3,(H,18,19). The van der Waals surface area contributed by atoms with E-state index in [1.165, 1.54) is 5.56 Å². The summed E-state index contributed by atoms with van der Waals surface area (Å²) in [4.78, 5) is 2.28. The first-order valence-electron chi connectivity index (χ1n) is 7.38. The zero-order valence-electron chi connectivity index (χ0n) is 12.6. The molecule has 0 atom stereocenters. The third-order valence-corrected chi connectivity index (χ3v) is 4.07. The van der Waals surface area contributed by atoms with E-state index in [4.69, 9.17) is 10.5 Å². The SMILES string of the molecule is COc1ccc(C)cc1-c1cc(N2CCC(N)CC2)n[nH]1. The molecule has 5 nitrogen and oxygen atoms in total. The maximum Gasteiger partial charge on any atom is 0.150 e. The molecule has 1 aliphatic rings. The minimum Gasteiger partial charge on any atom is -0.496 e. The van der Waals surface area contributed by atoms with E-state index in [-0.39, 0.29) is 0 Å². The summed E-state index contributed by atoms with van der Waals surface area (Å²) in [6.45, 7) is 4.01. The fourth-order valence-electron chi connectivity index (χ4n) is 2.77. The highest BCUT2D eigenvalue weighted by atomic mass is 16.5. The van der Waals surface area contributed by atoms with Crippen molar-refractivity contribution in [3.8, 4) is 17.0 Å². The zero-order chi connectivity index (χ0) is 14.8. The summed E-state index contributed by atoms with van der Waals surface area (Å²) in [5.41, 5.74) is 9.19. The minimum atomic E-state index is 0.330. The number of aromatic amines is 1. The summed E-state index contributed by atoms with van der Waals surface area (Å²) >= 11 is 0. The van der Waals surface area contributed by atoms with Crippen LogP contribution >= 0.6 is 0 Å². The van der Waals surface area contributed by atoms with E-state index < -0.39 is 0 Å². The van der Waals surface area contributed by atoms with E-state index in [0.717, 1.165) is 48.8 Å². The highest BCUT2D eigenvalue weighted by Crippen LogP contribution is 2.31. The van der Waals surface area contributed by atoms with Crippen LogP contribution in [0.3, 0.4) is 0 Å². The summed E-state index contributed by atoms with van der Waals surface area (Å²) in [6, 6.07) is 8.57. The fourth-order valence-corrected chi connectivity index (χ4v) is 2.77. The highest BCUT2D eigenvalue weighted by molar-refractivity contribution is 5.70. The van der Waals surface area contributed by atoms with Crippen molar-refractivity contribution in [2.75, 3.05) is 25.1 Å². The Balaban J connectivity index is 1.86. The number of ether oxygens (including phenoxy) is 1. The van der Waals surface area contributed by atoms with Gasteiger partial charge in [-0.05, 0) is 31.9 Å². The topological polar surface area (TPSA) is 67.2 Å². The first-order valence-corrected chi connectivity index (χ1v) is 7.38. The molecule has 0 spiro atoms. The van der Waals surface area contributed by atoms with Gasteiger partial charge in [0.15, 0.2) is 5.82 Å². The third kappa shape index (κ3) is 2.88. The van der Waals surface area contributed by atoms with Crippen LogP contribution in [0.2, 0.25) is 0 Å². The number of rotatable bonds is 3. The molecule has 1 aromatic heterocycles. The second kappa shape index (κ2) is 5.77. The number of H-pyrrole nitrogens is 1. The van der Waals surface area contributed by atoms with Crippen LogP contribution in [0, 0.1) is 6.92 Å². The van der Waals surface area contributed by atoms with E-state index in [1.807, 2.05) is 12.1 Å². The number of hydrogen-bond acceptors (Lipinski definition) is 4. The summed E-state index contributed by atoms with van der Waals surface area (Å²) in [6.07, 6.45) is 2.05. The summed E-state index contributed by atoms with van der Waals surface area (Å²) < 4.78 is 5.45. The van der Waals surface area contributed by atoms with Gasteiger partial charge < -0.3 is 15.4 Å². The molecule has 0 amide bonds. The molecule has 0 bridgehead atoms. The molecule has 21 heavy (non-hydrogen) atoms. The smallest absolute Gasteiger partial charge is 0.150 e. The molecule has 5 heteroatoms. The Morgan fingerprint density at radius 2 is 2.05 bits per heavy atom. The molecular weight excluding hydrogens is 264 g/mol. The predicted octanol–water partition coefficient (Wildman–Crippen LogP) is 2.32. The lowest BCUT2D eigenvalue weighted by atomic mass is 10.1. The number of nitrogens with zero attached hydrogens (tertiary/aromatic N) is 2. The average molecular weight is 286 g/mol. The first-order chi connectivity index (χ1) is 10.2. The molecule has 1 aliphatic heterocycles. The molecule has 0 radical (unpaired) electrons. The van der Waals surface area contributed by atoms with Gasteiger partial charge in [-0.25, -0.2) is 0 Å². The van der Waals surface area contributed by atoms with Crippen molar-refractivity contribution >= 4 is 5.82 Å². The predicted molar refractivity (Wildman–Crippen MR) is 84.7 cm³/mol. The Morgan fingerprint density at radius 3 is 2.76 bits per heavy atom. The number of nitrogens with one attached hydrogen (secondary N) is 1. The van der Waals surface area contributed by atoms with Crippen LogP contribution in [-0.4, -0.2) is 36.4 Å². The maximum atomic E-state index is 5.95. The number of methoxy groups -OCH3 is 1. The molecule has 112 valence electrons. The quantitative estimate of drug-likeness (QED) is 0.908. The van der Waals surface area contributed by atoms with Crippen molar-refractivity contribution in [1.82, 2.24) is 10.2 Å². The van der Waals surface area contributed by atoms with Crippen molar-refractivity contribution in [1.29, 1.82) is 0 Å². The van der Waals surface area contributed by atoms with Gasteiger partial charge in [0.2, 0.25) is 0 Å². The fraction of sp³-hybridized carbons (Fsp3) is 0.438. The van der Waals surface area contributed by atoms with E-state index in [2.05, 4.69) is 34.2 Å². The molecule has 0 unspecified atom stereocenters. The van der Waals surface area contributed by atoms with Gasteiger partial charge in [-0.3, -0.25) is 5.10 Å². The Labute approximate surface area is 125 Å². The Kier molecular flexibility index (Phi) is 3.84. The number of piperidine rings is 1. The van der Waals surface area contributed by atoms with Crippen molar-refractivity contribution in [3.63, 3.8) is 0 Å². The van der Waals surface area contributed by atoms with Gasteiger partial charge in [0.05, 0.1) is 12.8 Å². The van der Waals surface area contributed by atoms with Crippen LogP contribution in [0.5, 0.6) is 5.75 Å². The Morgan fingerprint density at radius 1 is 1.29 bits per heavy atom. The monoisotopic (exact) mass is 286 g/mol. The van der Waals surface area contributed by atoms with Crippen LogP contribution in [0.1, 0.15) is 18.4 Å². The molecule has 0 saturated carbocycles. The normalized spacial score (nSPS) is 16.2. The zero-order valence-corrected chi connectivity index (χ0v) is 12.6. The van der Waals surface area contributed by atoms with Gasteiger partial charge in [0, 0.05) is 30.8 Å². The number of benzene rings is 1. The summed E-state index contributed by atoms with van der Waals surface area (Å²) in [7, 11) is 1.69.